The van der Waals surface area contributed by atoms with E-state index in [1.165, 1.54) is 15.0 Å². The first-order valence-corrected chi connectivity index (χ1v) is 17.7. The Morgan fingerprint density at radius 1 is 0.980 bits per heavy atom. The molecule has 13 nitrogen and oxygen atoms in total. The maximum atomic E-state index is 14.0. The third-order valence-electron chi connectivity index (χ3n) is 9.54. The quantitative estimate of drug-likeness (QED) is 0.425. The number of benzene rings is 1. The molecule has 2 aliphatic heterocycles. The lowest BCUT2D eigenvalue weighted by Gasteiger charge is -2.49. The number of nitrogens with one attached hydrogen (secondary N) is 1. The molecule has 3 N–H and O–H groups in total. The van der Waals surface area contributed by atoms with E-state index in [4.69, 9.17) is 10.5 Å². The molecule has 2 saturated heterocycles. The van der Waals surface area contributed by atoms with Crippen molar-refractivity contribution in [2.45, 2.75) is 117 Å². The summed E-state index contributed by atoms with van der Waals surface area (Å²) in [6, 6.07) is 8.96. The fraction of sp³-hybridized carbons (Fsp3) is 0.649. The third kappa shape index (κ3) is 9.42. The molecule has 0 radical (unpaired) electrons. The Morgan fingerprint density at radius 2 is 1.60 bits per heavy atom. The highest BCUT2D eigenvalue weighted by molar-refractivity contribution is 5.91. The second kappa shape index (κ2) is 15.1. The summed E-state index contributed by atoms with van der Waals surface area (Å²) in [6.07, 6.45) is 3.26. The van der Waals surface area contributed by atoms with Crippen molar-refractivity contribution in [2.75, 3.05) is 38.0 Å². The number of nitrogens with zero attached hydrogens (tertiary/aromatic N) is 6. The topological polar surface area (TPSA) is 146 Å². The van der Waals surface area contributed by atoms with Crippen LogP contribution in [0, 0.1) is 5.92 Å². The minimum Gasteiger partial charge on any atom is -0.444 e. The zero-order valence-corrected chi connectivity index (χ0v) is 31.7. The first-order valence-electron chi connectivity index (χ1n) is 17.7. The molecule has 0 saturated carbocycles. The molecular formula is C37H58N8O5. The van der Waals surface area contributed by atoms with Crippen LogP contribution in [0.5, 0.6) is 0 Å². The average molecular weight is 695 g/mol. The molecule has 0 spiro atoms. The van der Waals surface area contributed by atoms with E-state index >= 15 is 0 Å². The van der Waals surface area contributed by atoms with E-state index < -0.39 is 34.5 Å². The Hall–Kier alpha value is -3.97. The number of amides is 4. The van der Waals surface area contributed by atoms with Crippen LogP contribution in [0.4, 0.5) is 15.4 Å². The monoisotopic (exact) mass is 694 g/mol. The van der Waals surface area contributed by atoms with Crippen LogP contribution in [0.15, 0.2) is 41.3 Å². The highest BCUT2D eigenvalue weighted by atomic mass is 16.6. The molecule has 0 unspecified atom stereocenters. The number of hydrogen-bond donors (Lipinski definition) is 2. The lowest BCUT2D eigenvalue weighted by Crippen LogP contribution is -2.67. The van der Waals surface area contributed by atoms with Crippen LogP contribution >= 0.6 is 0 Å². The van der Waals surface area contributed by atoms with Gasteiger partial charge >= 0.3 is 17.8 Å². The minimum absolute atomic E-state index is 0.147. The van der Waals surface area contributed by atoms with Crippen LogP contribution in [0.2, 0.25) is 0 Å². The van der Waals surface area contributed by atoms with Gasteiger partial charge in [-0.2, -0.15) is 4.98 Å². The fourth-order valence-electron chi connectivity index (χ4n) is 7.05. The van der Waals surface area contributed by atoms with E-state index in [2.05, 4.69) is 22.1 Å². The molecule has 13 heteroatoms. The molecule has 2 fully saturated rings. The van der Waals surface area contributed by atoms with Crippen molar-refractivity contribution >= 4 is 23.8 Å². The van der Waals surface area contributed by atoms with Gasteiger partial charge in [0.25, 0.3) is 0 Å². The van der Waals surface area contributed by atoms with Crippen LogP contribution in [-0.4, -0.2) is 109 Å². The van der Waals surface area contributed by atoms with Gasteiger partial charge in [-0.25, -0.2) is 14.4 Å². The number of aromatic nitrogens is 2. The number of urea groups is 1. The van der Waals surface area contributed by atoms with Crippen molar-refractivity contribution in [3.8, 4) is 5.69 Å². The molecule has 3 heterocycles. The highest BCUT2D eigenvalue weighted by Crippen LogP contribution is 2.31. The van der Waals surface area contributed by atoms with Crippen molar-refractivity contribution in [1.82, 2.24) is 29.2 Å². The Balaban J connectivity index is 1.35. The average Bonchev–Trinajstić information content (AvgIpc) is 2.99. The Kier molecular flexibility index (Phi) is 11.7. The van der Waals surface area contributed by atoms with Crippen LogP contribution < -0.4 is 16.7 Å². The first kappa shape index (κ1) is 38.8. The van der Waals surface area contributed by atoms with Gasteiger partial charge in [-0.1, -0.05) is 12.1 Å². The summed E-state index contributed by atoms with van der Waals surface area (Å²) in [5.41, 5.74) is 4.81. The molecule has 50 heavy (non-hydrogen) atoms. The Morgan fingerprint density at radius 3 is 2.12 bits per heavy atom. The number of anilines is 1. The van der Waals surface area contributed by atoms with E-state index in [1.807, 2.05) is 52.0 Å². The van der Waals surface area contributed by atoms with Gasteiger partial charge in [0, 0.05) is 50.0 Å². The van der Waals surface area contributed by atoms with Gasteiger partial charge in [0.05, 0.1) is 5.69 Å². The zero-order chi connectivity index (χ0) is 37.2. The smallest absolute Gasteiger partial charge is 0.411 e. The molecule has 4 amide bonds. The van der Waals surface area contributed by atoms with Gasteiger partial charge in [-0.3, -0.25) is 24.5 Å². The predicted octanol–water partition coefficient (Wildman–Crippen LogP) is 4.67. The number of piperazine rings is 1. The van der Waals surface area contributed by atoms with E-state index in [0.717, 1.165) is 32.5 Å². The predicted molar refractivity (Wildman–Crippen MR) is 195 cm³/mol. The van der Waals surface area contributed by atoms with Crippen molar-refractivity contribution in [3.63, 3.8) is 0 Å². The van der Waals surface area contributed by atoms with Crippen molar-refractivity contribution in [1.29, 1.82) is 0 Å². The van der Waals surface area contributed by atoms with Crippen molar-refractivity contribution in [3.05, 3.63) is 52.6 Å². The lowest BCUT2D eigenvalue weighted by molar-refractivity contribution is -0.149. The van der Waals surface area contributed by atoms with Crippen LogP contribution in [-0.2, 0) is 16.1 Å². The zero-order valence-electron chi connectivity index (χ0n) is 31.7. The Labute approximate surface area is 297 Å². The van der Waals surface area contributed by atoms with Gasteiger partial charge in [-0.05, 0) is 125 Å². The molecule has 4 rings (SSSR count). The molecule has 2 aromatic rings. The SMILES string of the molecule is C[C@H](N)C1CCN(Cc2ccc(-n3ccc(NC(=O)N4CCN(C(=O)C(C)(C)N(C(=O)OC(C)(C)C)C(C)(C)C)[C@H](C)C4)nc3=O)cc2)CC1. The van der Waals surface area contributed by atoms with E-state index in [9.17, 15) is 19.2 Å². The summed E-state index contributed by atoms with van der Waals surface area (Å²) in [5, 5.41) is 2.74. The molecule has 0 bridgehead atoms. The maximum Gasteiger partial charge on any atom is 0.411 e. The van der Waals surface area contributed by atoms with E-state index in [-0.39, 0.29) is 43.4 Å². The van der Waals surface area contributed by atoms with Crippen LogP contribution in [0.3, 0.4) is 0 Å². The fourth-order valence-corrected chi connectivity index (χ4v) is 7.05. The summed E-state index contributed by atoms with van der Waals surface area (Å²) in [4.78, 5) is 64.9. The van der Waals surface area contributed by atoms with Crippen molar-refractivity contribution in [2.24, 2.45) is 11.7 Å². The maximum absolute atomic E-state index is 14.0. The standard InChI is InChI=1S/C37H58N8O5/c1-25-23-42(21-22-43(25)31(46)37(9,10)45(35(3,4)5)34(49)50-36(6,7)8)32(47)39-30-17-20-44(33(48)40-30)29-13-11-27(12-14-29)24-41-18-15-28(16-19-41)26(2)38/h11-14,17,20,25-26,28H,15-16,18-19,21-24,38H2,1-10H3,(H,39,40,47,48)/t25-,26+/m1/s1. The molecule has 0 aliphatic carbocycles. The summed E-state index contributed by atoms with van der Waals surface area (Å²) >= 11 is 0. The summed E-state index contributed by atoms with van der Waals surface area (Å²) in [5.74, 6) is 0.501. The molecule has 2 atom stereocenters. The van der Waals surface area contributed by atoms with Gasteiger partial charge in [0.2, 0.25) is 5.91 Å². The second-order valence-corrected chi connectivity index (χ2v) is 16.4. The van der Waals surface area contributed by atoms with Gasteiger partial charge < -0.3 is 20.3 Å². The number of carbonyl (C=O) groups excluding carboxylic acids is 3. The van der Waals surface area contributed by atoms with Gasteiger partial charge in [-0.15, -0.1) is 0 Å². The number of carbonyl (C=O) groups is 3. The number of piperidine rings is 1. The number of rotatable bonds is 7. The second-order valence-electron chi connectivity index (χ2n) is 16.4. The normalized spacial score (nSPS) is 18.8. The van der Waals surface area contributed by atoms with Gasteiger partial charge in [0.15, 0.2) is 0 Å². The summed E-state index contributed by atoms with van der Waals surface area (Å²) < 4.78 is 7.13. The van der Waals surface area contributed by atoms with E-state index in [1.54, 1.807) is 56.7 Å². The van der Waals surface area contributed by atoms with Crippen LogP contribution in [0.25, 0.3) is 5.69 Å². The van der Waals surface area contributed by atoms with Gasteiger partial charge in [0.1, 0.15) is 17.0 Å². The molecule has 1 aromatic carbocycles. The lowest BCUT2D eigenvalue weighted by atomic mass is 9.91. The molecule has 1 aromatic heterocycles. The Bertz CT molecular complexity index is 1570. The van der Waals surface area contributed by atoms with Crippen LogP contribution in [0.1, 0.15) is 87.6 Å². The number of hydrogen-bond acceptors (Lipinski definition) is 8. The molecule has 2 aliphatic rings. The number of likely N-dealkylation sites (tertiary alicyclic amines) is 1. The third-order valence-corrected chi connectivity index (χ3v) is 9.54. The first-order chi connectivity index (χ1) is 23.2. The largest absolute Gasteiger partial charge is 0.444 e. The highest BCUT2D eigenvalue weighted by Gasteiger charge is 2.48. The number of ether oxygens (including phenoxy) is 1. The molecule has 276 valence electrons. The summed E-state index contributed by atoms with van der Waals surface area (Å²) in [7, 11) is 0. The van der Waals surface area contributed by atoms with E-state index in [0.29, 0.717) is 11.6 Å². The molecular weight excluding hydrogens is 636 g/mol. The minimum atomic E-state index is -1.21. The number of nitrogens with two attached hydrogens (primary N) is 1. The summed E-state index contributed by atoms with van der Waals surface area (Å²) in [6.45, 7) is 22.1. The van der Waals surface area contributed by atoms with Crippen molar-refractivity contribution < 1.29 is 19.1 Å².